The van der Waals surface area contributed by atoms with Crippen LogP contribution in [0.5, 0.6) is 5.75 Å². The summed E-state index contributed by atoms with van der Waals surface area (Å²) in [5, 5.41) is 9.48. The Hall–Kier alpha value is -2.27. The van der Waals surface area contributed by atoms with E-state index in [1.807, 2.05) is 6.92 Å². The van der Waals surface area contributed by atoms with Crippen LogP contribution in [-0.4, -0.2) is 51.8 Å². The number of nitrogens with one attached hydrogen (secondary N) is 3. The van der Waals surface area contributed by atoms with E-state index in [4.69, 9.17) is 13.9 Å². The average Bonchev–Trinajstić information content (AvgIpc) is 3.46. The van der Waals surface area contributed by atoms with Crippen LogP contribution in [0.25, 0.3) is 0 Å². The predicted molar refractivity (Wildman–Crippen MR) is 140 cm³/mol. The average molecular weight is 570 g/mol. The van der Waals surface area contributed by atoms with E-state index >= 15 is 0 Å². The highest BCUT2D eigenvalue weighted by Crippen LogP contribution is 2.22. The Bertz CT molecular complexity index is 910. The Balaban J connectivity index is 0.00000385. The molecule has 2 heterocycles. The van der Waals surface area contributed by atoms with Crippen LogP contribution in [0.1, 0.15) is 40.1 Å². The quantitative estimate of drug-likeness (QED) is 0.175. The summed E-state index contributed by atoms with van der Waals surface area (Å²) in [6, 6.07) is 8.02. The van der Waals surface area contributed by atoms with Crippen molar-refractivity contribution in [1.29, 1.82) is 0 Å². The van der Waals surface area contributed by atoms with Crippen molar-refractivity contribution in [3.63, 3.8) is 0 Å². The van der Waals surface area contributed by atoms with E-state index in [1.165, 1.54) is 11.8 Å². The second-order valence-electron chi connectivity index (χ2n) is 8.05. The van der Waals surface area contributed by atoms with Gasteiger partial charge in [0.05, 0.1) is 19.5 Å². The number of furan rings is 1. The highest BCUT2D eigenvalue weighted by Gasteiger charge is 2.17. The summed E-state index contributed by atoms with van der Waals surface area (Å²) in [5.41, 5.74) is 3.08. The SMILES string of the molecule is CN=C(NCCCNC(=O)c1occc1C)NCc1ccc(C)cc1OCC1CCOC1.I. The molecule has 2 aromatic rings. The molecule has 1 aromatic heterocycles. The Morgan fingerprint density at radius 3 is 2.70 bits per heavy atom. The van der Waals surface area contributed by atoms with Gasteiger partial charge in [0.1, 0.15) is 5.75 Å². The van der Waals surface area contributed by atoms with Gasteiger partial charge in [0.15, 0.2) is 11.7 Å². The Labute approximate surface area is 212 Å². The van der Waals surface area contributed by atoms with Gasteiger partial charge in [-0.2, -0.15) is 0 Å². The van der Waals surface area contributed by atoms with Crippen LogP contribution in [-0.2, 0) is 11.3 Å². The van der Waals surface area contributed by atoms with Crippen LogP contribution in [0.4, 0.5) is 0 Å². The van der Waals surface area contributed by atoms with Gasteiger partial charge in [0.2, 0.25) is 0 Å². The molecule has 1 aliphatic heterocycles. The zero-order chi connectivity index (χ0) is 22.8. The van der Waals surface area contributed by atoms with Crippen LogP contribution in [0.15, 0.2) is 39.9 Å². The van der Waals surface area contributed by atoms with Gasteiger partial charge in [-0.15, -0.1) is 24.0 Å². The molecule has 1 saturated heterocycles. The molecule has 1 aliphatic rings. The van der Waals surface area contributed by atoms with Gasteiger partial charge < -0.3 is 29.8 Å². The maximum absolute atomic E-state index is 12.1. The summed E-state index contributed by atoms with van der Waals surface area (Å²) in [7, 11) is 1.74. The number of benzene rings is 1. The third-order valence-electron chi connectivity index (χ3n) is 5.39. The Kier molecular flexibility index (Phi) is 11.5. The van der Waals surface area contributed by atoms with E-state index in [2.05, 4.69) is 46.1 Å². The monoisotopic (exact) mass is 570 g/mol. The number of carbonyl (C=O) groups excluding carboxylic acids is 1. The summed E-state index contributed by atoms with van der Waals surface area (Å²) in [6.07, 6.45) is 3.33. The Morgan fingerprint density at radius 2 is 2.00 bits per heavy atom. The number of aryl methyl sites for hydroxylation is 2. The molecular formula is C24H35IN4O4. The third-order valence-corrected chi connectivity index (χ3v) is 5.39. The zero-order valence-corrected chi connectivity index (χ0v) is 21.9. The molecule has 182 valence electrons. The van der Waals surface area contributed by atoms with Crippen LogP contribution in [0.2, 0.25) is 0 Å². The molecule has 1 amide bonds. The highest BCUT2D eigenvalue weighted by molar-refractivity contribution is 14.0. The molecule has 1 aromatic carbocycles. The fourth-order valence-corrected chi connectivity index (χ4v) is 3.45. The van der Waals surface area contributed by atoms with Crippen LogP contribution in [0, 0.1) is 19.8 Å². The molecule has 8 nitrogen and oxygen atoms in total. The summed E-state index contributed by atoms with van der Waals surface area (Å²) < 4.78 is 16.8. The molecule has 3 rings (SSSR count). The highest BCUT2D eigenvalue weighted by atomic mass is 127. The minimum absolute atomic E-state index is 0. The first-order valence-electron chi connectivity index (χ1n) is 11.1. The van der Waals surface area contributed by atoms with Crippen molar-refractivity contribution in [2.75, 3.05) is 40.0 Å². The van der Waals surface area contributed by atoms with Crippen molar-refractivity contribution in [1.82, 2.24) is 16.0 Å². The number of carbonyl (C=O) groups is 1. The van der Waals surface area contributed by atoms with Gasteiger partial charge in [0, 0.05) is 50.3 Å². The lowest BCUT2D eigenvalue weighted by Crippen LogP contribution is -2.38. The maximum atomic E-state index is 12.1. The fourth-order valence-electron chi connectivity index (χ4n) is 3.45. The maximum Gasteiger partial charge on any atom is 0.287 e. The van der Waals surface area contributed by atoms with Gasteiger partial charge in [-0.3, -0.25) is 9.79 Å². The van der Waals surface area contributed by atoms with E-state index < -0.39 is 0 Å². The molecular weight excluding hydrogens is 535 g/mol. The minimum atomic E-state index is -0.189. The van der Waals surface area contributed by atoms with Crippen LogP contribution < -0.4 is 20.7 Å². The lowest BCUT2D eigenvalue weighted by Gasteiger charge is -2.17. The summed E-state index contributed by atoms with van der Waals surface area (Å²) in [6.45, 7) is 8.01. The Morgan fingerprint density at radius 1 is 1.18 bits per heavy atom. The topological polar surface area (TPSA) is 97.1 Å². The molecule has 9 heteroatoms. The molecule has 1 fully saturated rings. The lowest BCUT2D eigenvalue weighted by atomic mass is 10.1. The van der Waals surface area contributed by atoms with Crippen molar-refractivity contribution < 1.29 is 18.7 Å². The number of ether oxygens (including phenoxy) is 2. The molecule has 3 N–H and O–H groups in total. The standard InChI is InChI=1S/C24H34N4O4.HI/c1-17-5-6-20(21(13-17)32-16-19-8-11-30-15-19)14-28-24(25-3)27-10-4-9-26-23(29)22-18(2)7-12-31-22;/h5-7,12-13,19H,4,8-11,14-16H2,1-3H3,(H,26,29)(H2,25,27,28);1H. The summed E-state index contributed by atoms with van der Waals surface area (Å²) in [5.74, 6) is 2.24. The molecule has 0 aliphatic carbocycles. The number of halogens is 1. The van der Waals surface area contributed by atoms with Gasteiger partial charge in [-0.1, -0.05) is 12.1 Å². The predicted octanol–water partition coefficient (Wildman–Crippen LogP) is 3.41. The van der Waals surface area contributed by atoms with Gasteiger partial charge >= 0.3 is 0 Å². The van der Waals surface area contributed by atoms with E-state index in [0.717, 1.165) is 42.9 Å². The number of hydrogen-bond donors (Lipinski definition) is 3. The smallest absolute Gasteiger partial charge is 0.287 e. The molecule has 0 bridgehead atoms. The molecule has 1 atom stereocenters. The number of nitrogens with zero attached hydrogens (tertiary/aromatic N) is 1. The van der Waals surface area contributed by atoms with Crippen LogP contribution in [0.3, 0.4) is 0 Å². The minimum Gasteiger partial charge on any atom is -0.493 e. The first kappa shape index (κ1) is 27.0. The number of rotatable bonds is 10. The number of amides is 1. The lowest BCUT2D eigenvalue weighted by molar-refractivity contribution is 0.0925. The first-order chi connectivity index (χ1) is 15.6. The van der Waals surface area contributed by atoms with Crippen molar-refractivity contribution in [2.24, 2.45) is 10.9 Å². The second-order valence-corrected chi connectivity index (χ2v) is 8.05. The molecule has 0 saturated carbocycles. The van der Waals surface area contributed by atoms with Crippen molar-refractivity contribution in [3.05, 3.63) is 53.0 Å². The summed E-state index contributed by atoms with van der Waals surface area (Å²) in [4.78, 5) is 16.3. The van der Waals surface area contributed by atoms with Crippen LogP contribution >= 0.6 is 24.0 Å². The number of hydrogen-bond acceptors (Lipinski definition) is 5. The van der Waals surface area contributed by atoms with E-state index in [-0.39, 0.29) is 29.9 Å². The van der Waals surface area contributed by atoms with E-state index in [9.17, 15) is 4.79 Å². The normalized spacial score (nSPS) is 15.6. The molecule has 1 unspecified atom stereocenters. The molecule has 0 radical (unpaired) electrons. The summed E-state index contributed by atoms with van der Waals surface area (Å²) >= 11 is 0. The van der Waals surface area contributed by atoms with E-state index in [0.29, 0.717) is 43.9 Å². The largest absolute Gasteiger partial charge is 0.493 e. The van der Waals surface area contributed by atoms with Gasteiger partial charge in [0.25, 0.3) is 5.91 Å². The van der Waals surface area contributed by atoms with Crippen molar-refractivity contribution in [3.8, 4) is 5.75 Å². The third kappa shape index (κ3) is 8.54. The molecule has 0 spiro atoms. The fraction of sp³-hybridized carbons (Fsp3) is 0.500. The van der Waals surface area contributed by atoms with Crippen molar-refractivity contribution in [2.45, 2.75) is 33.2 Å². The van der Waals surface area contributed by atoms with Gasteiger partial charge in [-0.05, 0) is 44.4 Å². The zero-order valence-electron chi connectivity index (χ0n) is 19.6. The van der Waals surface area contributed by atoms with Crippen molar-refractivity contribution >= 4 is 35.8 Å². The number of guanidine groups is 1. The van der Waals surface area contributed by atoms with Gasteiger partial charge in [-0.25, -0.2) is 0 Å². The van der Waals surface area contributed by atoms with E-state index in [1.54, 1.807) is 13.1 Å². The first-order valence-corrected chi connectivity index (χ1v) is 11.1. The molecule has 33 heavy (non-hydrogen) atoms. The second kappa shape index (κ2) is 14.1. The number of aliphatic imine (C=N–C) groups is 1.